The van der Waals surface area contributed by atoms with Crippen molar-refractivity contribution in [2.75, 3.05) is 26.7 Å². The van der Waals surface area contributed by atoms with E-state index in [0.717, 1.165) is 12.1 Å². The van der Waals surface area contributed by atoms with E-state index in [-0.39, 0.29) is 18.5 Å². The van der Waals surface area contributed by atoms with Crippen LogP contribution in [0.25, 0.3) is 0 Å². The van der Waals surface area contributed by atoms with Crippen LogP contribution < -0.4 is 0 Å². The van der Waals surface area contributed by atoms with Crippen molar-refractivity contribution in [3.05, 3.63) is 71.3 Å². The first kappa shape index (κ1) is 19.2. The van der Waals surface area contributed by atoms with Crippen LogP contribution in [0.3, 0.4) is 0 Å². The Kier molecular flexibility index (Phi) is 8.36. The van der Waals surface area contributed by atoms with Gasteiger partial charge in [-0.1, -0.05) is 54.6 Å². The number of ether oxygens (including phenoxy) is 1. The molecule has 1 atom stereocenters. The van der Waals surface area contributed by atoms with E-state index in [0.29, 0.717) is 13.2 Å². The quantitative estimate of drug-likeness (QED) is 0.720. The minimum atomic E-state index is -0.0714. The first-order valence-corrected chi connectivity index (χ1v) is 7.50. The molecule has 0 aromatic heterocycles. The smallest absolute Gasteiger partial charge is 0.108 e. The van der Waals surface area contributed by atoms with Crippen LogP contribution in [-0.2, 0) is 4.74 Å². The fraction of sp³-hybridized carbons (Fsp3) is 0.316. The van der Waals surface area contributed by atoms with Crippen molar-refractivity contribution in [3.8, 4) is 6.07 Å². The molecule has 0 aliphatic rings. The molecule has 1 unspecified atom stereocenters. The largest absolute Gasteiger partial charge is 0.367 e. The van der Waals surface area contributed by atoms with Crippen LogP contribution in [0.4, 0.5) is 0 Å². The normalized spacial score (nSPS) is 11.6. The molecular formula is C19H23ClN2O. The third-order valence-corrected chi connectivity index (χ3v) is 3.67. The highest BCUT2D eigenvalue weighted by Gasteiger charge is 2.16. The Balaban J connectivity index is 0.00000264. The molecule has 0 aliphatic heterocycles. The van der Waals surface area contributed by atoms with E-state index in [2.05, 4.69) is 37.3 Å². The number of halogens is 1. The zero-order chi connectivity index (χ0) is 15.8. The van der Waals surface area contributed by atoms with Gasteiger partial charge in [0.2, 0.25) is 0 Å². The molecule has 0 amide bonds. The van der Waals surface area contributed by atoms with Gasteiger partial charge in [-0.25, -0.2) is 0 Å². The lowest BCUT2D eigenvalue weighted by atomic mass is 9.97. The third-order valence-electron chi connectivity index (χ3n) is 3.67. The number of nitriles is 1. The Labute approximate surface area is 144 Å². The van der Waals surface area contributed by atoms with Crippen LogP contribution in [0.5, 0.6) is 0 Å². The summed E-state index contributed by atoms with van der Waals surface area (Å²) in [5, 5.41) is 8.71. The number of hydrogen-bond donors (Lipinski definition) is 0. The van der Waals surface area contributed by atoms with E-state index >= 15 is 0 Å². The third kappa shape index (κ3) is 5.69. The zero-order valence-electron chi connectivity index (χ0n) is 13.6. The Bertz CT molecular complexity index is 625. The summed E-state index contributed by atoms with van der Waals surface area (Å²) in [7, 11) is 1.93. The van der Waals surface area contributed by atoms with E-state index < -0.39 is 0 Å². The summed E-state index contributed by atoms with van der Waals surface area (Å²) in [6.07, 6.45) is -0.0714. The second-order valence-electron chi connectivity index (χ2n) is 5.41. The highest BCUT2D eigenvalue weighted by atomic mass is 35.5. The summed E-state index contributed by atoms with van der Waals surface area (Å²) in [4.78, 5) is 1.96. The molecule has 0 N–H and O–H groups in total. The van der Waals surface area contributed by atoms with E-state index in [1.54, 1.807) is 0 Å². The van der Waals surface area contributed by atoms with Crippen LogP contribution >= 0.6 is 12.4 Å². The fourth-order valence-corrected chi connectivity index (χ4v) is 2.40. The predicted octanol–water partition coefficient (Wildman–Crippen LogP) is 3.98. The molecule has 2 aromatic carbocycles. The Morgan fingerprint density at radius 2 is 1.74 bits per heavy atom. The molecule has 0 fully saturated rings. The summed E-state index contributed by atoms with van der Waals surface area (Å²) < 4.78 is 6.16. The lowest BCUT2D eigenvalue weighted by Crippen LogP contribution is -2.24. The van der Waals surface area contributed by atoms with Gasteiger partial charge in [0.05, 0.1) is 19.2 Å². The average molecular weight is 331 g/mol. The molecule has 0 saturated carbocycles. The highest BCUT2D eigenvalue weighted by molar-refractivity contribution is 5.85. The summed E-state index contributed by atoms with van der Waals surface area (Å²) in [6.45, 7) is 3.86. The molecule has 2 rings (SSSR count). The molecular weight excluding hydrogens is 308 g/mol. The lowest BCUT2D eigenvalue weighted by molar-refractivity contribution is 0.0665. The van der Waals surface area contributed by atoms with Gasteiger partial charge in [0.15, 0.2) is 0 Å². The van der Waals surface area contributed by atoms with Gasteiger partial charge in [-0.2, -0.15) is 5.26 Å². The zero-order valence-corrected chi connectivity index (χ0v) is 14.4. The average Bonchev–Trinajstić information content (AvgIpc) is 2.54. The first-order valence-electron chi connectivity index (χ1n) is 7.50. The van der Waals surface area contributed by atoms with E-state index in [9.17, 15) is 0 Å². The first-order chi connectivity index (χ1) is 10.7. The summed E-state index contributed by atoms with van der Waals surface area (Å²) >= 11 is 0. The van der Waals surface area contributed by atoms with Crippen molar-refractivity contribution >= 4 is 12.4 Å². The molecule has 0 heterocycles. The van der Waals surface area contributed by atoms with Crippen molar-refractivity contribution in [2.24, 2.45) is 0 Å². The Morgan fingerprint density at radius 3 is 2.39 bits per heavy atom. The molecule has 4 heteroatoms. The van der Waals surface area contributed by atoms with Gasteiger partial charge >= 0.3 is 0 Å². The summed E-state index contributed by atoms with van der Waals surface area (Å²) in [5.41, 5.74) is 3.57. The van der Waals surface area contributed by atoms with Crippen molar-refractivity contribution in [2.45, 2.75) is 13.0 Å². The van der Waals surface area contributed by atoms with Gasteiger partial charge in [-0.3, -0.25) is 4.90 Å². The number of aryl methyl sites for hydroxylation is 1. The molecule has 0 bridgehead atoms. The maximum Gasteiger partial charge on any atom is 0.108 e. The number of likely N-dealkylation sites (N-methyl/N-ethyl adjacent to an activating group) is 1. The standard InChI is InChI=1S/C19H22N2O.ClH/c1-16-8-6-7-11-18(16)19(17-9-4-3-5-10-17)22-15-14-21(2)13-12-20;/h3-11,19H,13-15H2,1-2H3;1H. The second kappa shape index (κ2) is 10.0. The number of benzene rings is 2. The highest BCUT2D eigenvalue weighted by Crippen LogP contribution is 2.28. The van der Waals surface area contributed by atoms with Crippen molar-refractivity contribution < 1.29 is 4.74 Å². The Morgan fingerprint density at radius 1 is 1.09 bits per heavy atom. The maximum absolute atomic E-state index is 8.71. The van der Waals surface area contributed by atoms with Gasteiger partial charge in [0.25, 0.3) is 0 Å². The van der Waals surface area contributed by atoms with Crippen LogP contribution in [0.1, 0.15) is 22.8 Å². The number of hydrogen-bond acceptors (Lipinski definition) is 3. The predicted molar refractivity (Wildman–Crippen MR) is 95.8 cm³/mol. The minimum absolute atomic E-state index is 0. The number of rotatable bonds is 7. The minimum Gasteiger partial charge on any atom is -0.367 e. The van der Waals surface area contributed by atoms with Gasteiger partial charge in [0, 0.05) is 6.54 Å². The maximum atomic E-state index is 8.71. The topological polar surface area (TPSA) is 36.3 Å². The van der Waals surface area contributed by atoms with E-state index in [4.69, 9.17) is 10.00 Å². The second-order valence-corrected chi connectivity index (χ2v) is 5.41. The van der Waals surface area contributed by atoms with Crippen molar-refractivity contribution in [1.82, 2.24) is 4.90 Å². The molecule has 3 nitrogen and oxygen atoms in total. The van der Waals surface area contributed by atoms with Gasteiger partial charge in [-0.05, 0) is 30.7 Å². The van der Waals surface area contributed by atoms with Crippen LogP contribution in [-0.4, -0.2) is 31.6 Å². The molecule has 122 valence electrons. The molecule has 0 spiro atoms. The molecule has 0 radical (unpaired) electrons. The summed E-state index contributed by atoms with van der Waals surface area (Å²) in [5.74, 6) is 0. The van der Waals surface area contributed by atoms with Crippen molar-refractivity contribution in [1.29, 1.82) is 5.26 Å². The van der Waals surface area contributed by atoms with Crippen LogP contribution in [0.2, 0.25) is 0 Å². The molecule has 0 aliphatic carbocycles. The van der Waals surface area contributed by atoms with Crippen LogP contribution in [0, 0.1) is 18.3 Å². The van der Waals surface area contributed by atoms with Crippen molar-refractivity contribution in [3.63, 3.8) is 0 Å². The number of nitrogens with zero attached hydrogens (tertiary/aromatic N) is 2. The Hall–Kier alpha value is -1.86. The van der Waals surface area contributed by atoms with Gasteiger partial charge in [-0.15, -0.1) is 12.4 Å². The van der Waals surface area contributed by atoms with E-state index in [1.165, 1.54) is 11.1 Å². The molecule has 23 heavy (non-hydrogen) atoms. The van der Waals surface area contributed by atoms with Gasteiger partial charge < -0.3 is 4.74 Å². The molecule has 2 aromatic rings. The SMILES string of the molecule is Cc1ccccc1C(OCCN(C)CC#N)c1ccccc1.Cl. The lowest BCUT2D eigenvalue weighted by Gasteiger charge is -2.22. The molecule has 0 saturated heterocycles. The van der Waals surface area contributed by atoms with E-state index in [1.807, 2.05) is 42.3 Å². The summed E-state index contributed by atoms with van der Waals surface area (Å²) in [6, 6.07) is 20.7. The monoisotopic (exact) mass is 330 g/mol. The van der Waals surface area contributed by atoms with Gasteiger partial charge in [0.1, 0.15) is 6.10 Å². The fourth-order valence-electron chi connectivity index (χ4n) is 2.40. The van der Waals surface area contributed by atoms with Crippen LogP contribution in [0.15, 0.2) is 54.6 Å².